The second-order valence-corrected chi connectivity index (χ2v) is 6.07. The van der Waals surface area contributed by atoms with E-state index in [0.717, 1.165) is 11.6 Å². The molecule has 1 N–H and O–H groups in total. The summed E-state index contributed by atoms with van der Waals surface area (Å²) in [6, 6.07) is 3.44. The maximum Gasteiger partial charge on any atom is 0.132 e. The molecule has 1 aromatic carbocycles. The monoisotopic (exact) mass is 291 g/mol. The summed E-state index contributed by atoms with van der Waals surface area (Å²) in [6.45, 7) is 6.93. The number of rotatable bonds is 4. The Hall–Kier alpha value is -1.88. The highest BCUT2D eigenvalue weighted by Gasteiger charge is 2.09. The molecule has 21 heavy (non-hydrogen) atoms. The average molecular weight is 291 g/mol. The molecule has 0 aliphatic heterocycles. The summed E-state index contributed by atoms with van der Waals surface area (Å²) in [7, 11) is 0. The van der Waals surface area contributed by atoms with Crippen LogP contribution in [0.3, 0.4) is 0 Å². The molecule has 0 bridgehead atoms. The van der Waals surface area contributed by atoms with Crippen LogP contribution in [0.4, 0.5) is 8.78 Å². The van der Waals surface area contributed by atoms with Crippen LogP contribution in [0.25, 0.3) is 0 Å². The maximum atomic E-state index is 13.1. The van der Waals surface area contributed by atoms with E-state index >= 15 is 0 Å². The van der Waals surface area contributed by atoms with E-state index in [1.807, 2.05) is 0 Å². The van der Waals surface area contributed by atoms with Crippen LogP contribution in [-0.4, -0.2) is 15.5 Å². The van der Waals surface area contributed by atoms with Crippen LogP contribution < -0.4 is 5.32 Å². The predicted octanol–water partition coefficient (Wildman–Crippen LogP) is 3.23. The van der Waals surface area contributed by atoms with Gasteiger partial charge in [0, 0.05) is 42.5 Å². The molecule has 0 aliphatic carbocycles. The summed E-state index contributed by atoms with van der Waals surface area (Å²) in [6.07, 6.45) is 3.77. The summed E-state index contributed by atoms with van der Waals surface area (Å²) in [4.78, 5) is 8.48. The highest BCUT2D eigenvalue weighted by atomic mass is 19.1. The third kappa shape index (κ3) is 5.19. The van der Waals surface area contributed by atoms with E-state index in [4.69, 9.17) is 0 Å². The molecule has 1 heterocycles. The van der Waals surface area contributed by atoms with Gasteiger partial charge in [0.1, 0.15) is 17.5 Å². The van der Waals surface area contributed by atoms with E-state index < -0.39 is 11.6 Å². The molecule has 0 amide bonds. The minimum atomic E-state index is -0.587. The van der Waals surface area contributed by atoms with Gasteiger partial charge in [0.05, 0.1) is 0 Å². The van der Waals surface area contributed by atoms with Gasteiger partial charge in [-0.2, -0.15) is 0 Å². The fourth-order valence-corrected chi connectivity index (χ4v) is 1.83. The number of halogens is 2. The Morgan fingerprint density at radius 2 is 1.52 bits per heavy atom. The second-order valence-electron chi connectivity index (χ2n) is 6.07. The first kappa shape index (κ1) is 15.5. The van der Waals surface area contributed by atoms with Crippen molar-refractivity contribution in [1.29, 1.82) is 0 Å². The van der Waals surface area contributed by atoms with Crippen molar-refractivity contribution in [3.63, 3.8) is 0 Å². The molecule has 0 saturated carbocycles. The molecule has 0 fully saturated rings. The Bertz CT molecular complexity index is 584. The van der Waals surface area contributed by atoms with Crippen LogP contribution in [0.5, 0.6) is 0 Å². The van der Waals surface area contributed by atoms with Crippen molar-refractivity contribution in [2.75, 3.05) is 0 Å². The minimum Gasteiger partial charge on any atom is -0.308 e. The van der Waals surface area contributed by atoms with Gasteiger partial charge >= 0.3 is 0 Å². The molecule has 0 atom stereocenters. The molecule has 2 rings (SSSR count). The fraction of sp³-hybridized carbons (Fsp3) is 0.375. The van der Waals surface area contributed by atoms with E-state index in [1.165, 1.54) is 12.1 Å². The van der Waals surface area contributed by atoms with Gasteiger partial charge in [0.15, 0.2) is 0 Å². The molecule has 1 aromatic heterocycles. The van der Waals surface area contributed by atoms with Gasteiger partial charge in [-0.15, -0.1) is 0 Å². The standard InChI is InChI=1S/C16H19F2N3/c1-16(2,3)21-10-12-8-19-15(20-9-12)6-11-4-13(17)7-14(18)5-11/h4-5,7-9,21H,6,10H2,1-3H3. The van der Waals surface area contributed by atoms with Crippen molar-refractivity contribution in [3.8, 4) is 0 Å². The Morgan fingerprint density at radius 3 is 2.05 bits per heavy atom. The summed E-state index contributed by atoms with van der Waals surface area (Å²) in [5.74, 6) is -0.633. The first-order chi connectivity index (χ1) is 9.82. The van der Waals surface area contributed by atoms with Crippen LogP contribution in [0.2, 0.25) is 0 Å². The lowest BCUT2D eigenvalue weighted by Crippen LogP contribution is -2.35. The lowest BCUT2D eigenvalue weighted by Gasteiger charge is -2.20. The summed E-state index contributed by atoms with van der Waals surface area (Å²) >= 11 is 0. The molecule has 0 saturated heterocycles. The largest absolute Gasteiger partial charge is 0.308 e. The van der Waals surface area contributed by atoms with E-state index in [1.54, 1.807) is 12.4 Å². The van der Waals surface area contributed by atoms with Crippen molar-refractivity contribution in [3.05, 3.63) is 59.2 Å². The van der Waals surface area contributed by atoms with Crippen molar-refractivity contribution in [2.24, 2.45) is 0 Å². The normalized spacial score (nSPS) is 11.7. The molecule has 0 radical (unpaired) electrons. The Morgan fingerprint density at radius 1 is 0.952 bits per heavy atom. The third-order valence-corrected chi connectivity index (χ3v) is 2.87. The summed E-state index contributed by atoms with van der Waals surface area (Å²) in [5, 5.41) is 3.34. The van der Waals surface area contributed by atoms with Gasteiger partial charge in [0.2, 0.25) is 0 Å². The highest BCUT2D eigenvalue weighted by Crippen LogP contribution is 2.11. The molecule has 3 nitrogen and oxygen atoms in total. The molecular formula is C16H19F2N3. The van der Waals surface area contributed by atoms with Gasteiger partial charge in [-0.25, -0.2) is 18.7 Å². The predicted molar refractivity (Wildman–Crippen MR) is 77.8 cm³/mol. The van der Waals surface area contributed by atoms with Crippen LogP contribution in [-0.2, 0) is 13.0 Å². The Labute approximate surface area is 123 Å². The van der Waals surface area contributed by atoms with E-state index in [2.05, 4.69) is 36.1 Å². The first-order valence-electron chi connectivity index (χ1n) is 6.82. The molecule has 0 spiro atoms. The molecule has 5 heteroatoms. The maximum absolute atomic E-state index is 13.1. The zero-order valence-electron chi connectivity index (χ0n) is 12.5. The highest BCUT2D eigenvalue weighted by molar-refractivity contribution is 5.21. The van der Waals surface area contributed by atoms with Crippen molar-refractivity contribution < 1.29 is 8.78 Å². The number of nitrogens with zero attached hydrogens (tertiary/aromatic N) is 2. The van der Waals surface area contributed by atoms with Crippen molar-refractivity contribution in [1.82, 2.24) is 15.3 Å². The first-order valence-corrected chi connectivity index (χ1v) is 6.82. The zero-order valence-corrected chi connectivity index (χ0v) is 12.5. The van der Waals surface area contributed by atoms with E-state index in [0.29, 0.717) is 24.4 Å². The number of hydrogen-bond acceptors (Lipinski definition) is 3. The van der Waals surface area contributed by atoms with Gasteiger partial charge in [0.25, 0.3) is 0 Å². The average Bonchev–Trinajstić information content (AvgIpc) is 2.36. The van der Waals surface area contributed by atoms with Gasteiger partial charge in [-0.1, -0.05) is 0 Å². The minimum absolute atomic E-state index is 0.0256. The molecular weight excluding hydrogens is 272 g/mol. The fourth-order valence-electron chi connectivity index (χ4n) is 1.83. The zero-order chi connectivity index (χ0) is 15.5. The Balaban J connectivity index is 2.02. The van der Waals surface area contributed by atoms with Crippen LogP contribution in [0.15, 0.2) is 30.6 Å². The number of aromatic nitrogens is 2. The Kier molecular flexibility index (Phi) is 4.63. The summed E-state index contributed by atoms with van der Waals surface area (Å²) < 4.78 is 26.2. The summed E-state index contributed by atoms with van der Waals surface area (Å²) in [5.41, 5.74) is 1.52. The number of benzene rings is 1. The van der Waals surface area contributed by atoms with Crippen LogP contribution in [0.1, 0.15) is 37.7 Å². The van der Waals surface area contributed by atoms with Crippen molar-refractivity contribution in [2.45, 2.75) is 39.3 Å². The molecule has 2 aromatic rings. The van der Waals surface area contributed by atoms with E-state index in [9.17, 15) is 8.78 Å². The molecule has 112 valence electrons. The number of nitrogens with one attached hydrogen (secondary N) is 1. The van der Waals surface area contributed by atoms with Gasteiger partial charge in [-0.3, -0.25) is 0 Å². The molecule has 0 unspecified atom stereocenters. The SMILES string of the molecule is CC(C)(C)NCc1cnc(Cc2cc(F)cc(F)c2)nc1. The smallest absolute Gasteiger partial charge is 0.132 e. The number of hydrogen-bond donors (Lipinski definition) is 1. The quantitative estimate of drug-likeness (QED) is 0.939. The third-order valence-electron chi connectivity index (χ3n) is 2.87. The van der Waals surface area contributed by atoms with E-state index in [-0.39, 0.29) is 5.54 Å². The van der Waals surface area contributed by atoms with Crippen molar-refractivity contribution >= 4 is 0 Å². The second kappa shape index (κ2) is 6.26. The topological polar surface area (TPSA) is 37.8 Å². The lowest BCUT2D eigenvalue weighted by atomic mass is 10.1. The van der Waals surface area contributed by atoms with Gasteiger partial charge < -0.3 is 5.32 Å². The van der Waals surface area contributed by atoms with Gasteiger partial charge in [-0.05, 0) is 38.5 Å². The van der Waals surface area contributed by atoms with Crippen LogP contribution >= 0.6 is 0 Å². The molecule has 0 aliphatic rings. The lowest BCUT2D eigenvalue weighted by molar-refractivity contribution is 0.423. The van der Waals surface area contributed by atoms with Crippen LogP contribution in [0, 0.1) is 11.6 Å².